The second-order valence-electron chi connectivity index (χ2n) is 9.78. The number of likely N-dealkylation sites (N-methyl/N-ethyl adjacent to an activating group) is 1. The van der Waals surface area contributed by atoms with E-state index >= 15 is 0 Å². The molecule has 1 unspecified atom stereocenters. The number of aryl methyl sites for hydroxylation is 1. The molecular weight excluding hydrogens is 504 g/mol. The zero-order chi connectivity index (χ0) is 28.6. The third-order valence-corrected chi connectivity index (χ3v) is 7.28. The fraction of sp³-hybridized carbons (Fsp3) is 0.333. The second kappa shape index (κ2) is 13.3. The summed E-state index contributed by atoms with van der Waals surface area (Å²) in [7, 11) is 0. The van der Waals surface area contributed by atoms with Gasteiger partial charge in [0.25, 0.3) is 11.7 Å². The van der Waals surface area contributed by atoms with Crippen LogP contribution in [0.15, 0.2) is 78.4 Å². The molecule has 1 amide bonds. The van der Waals surface area contributed by atoms with Crippen LogP contribution in [0, 0.1) is 6.92 Å². The lowest BCUT2D eigenvalue weighted by molar-refractivity contribution is -0.140. The summed E-state index contributed by atoms with van der Waals surface area (Å²) in [6.45, 7) is 11.5. The molecule has 0 saturated carbocycles. The molecule has 40 heavy (non-hydrogen) atoms. The lowest BCUT2D eigenvalue weighted by Crippen LogP contribution is -2.38. The predicted molar refractivity (Wildman–Crippen MR) is 156 cm³/mol. The van der Waals surface area contributed by atoms with E-state index in [0.717, 1.165) is 29.8 Å². The number of Topliss-reactive ketones (excluding diaryl/α,β-unsaturated/α-hetero) is 1. The Morgan fingerprint density at radius 2 is 1.62 bits per heavy atom. The molecule has 3 aromatic rings. The monoisotopic (exact) mass is 542 g/mol. The maximum Gasteiger partial charge on any atom is 0.295 e. The Hall–Kier alpha value is -4.10. The maximum absolute atomic E-state index is 13.4. The van der Waals surface area contributed by atoms with Crippen molar-refractivity contribution in [3.8, 4) is 11.5 Å². The van der Waals surface area contributed by atoms with Crippen LogP contribution < -0.4 is 9.47 Å². The van der Waals surface area contributed by atoms with Gasteiger partial charge in [-0.3, -0.25) is 9.59 Å². The minimum absolute atomic E-state index is 0.0889. The first-order valence-electron chi connectivity index (χ1n) is 13.9. The van der Waals surface area contributed by atoms with Crippen molar-refractivity contribution < 1.29 is 24.2 Å². The quantitative estimate of drug-likeness (QED) is 0.179. The fourth-order valence-corrected chi connectivity index (χ4v) is 5.00. The minimum Gasteiger partial charge on any atom is -0.507 e. The number of ether oxygens (including phenoxy) is 2. The van der Waals surface area contributed by atoms with Gasteiger partial charge in [-0.1, -0.05) is 56.3 Å². The SMILES string of the molecule is CCOc1ccc(/C(O)=C2\C(=O)C(=O)N(CCN(CC)CC)C2c2ccc(OCc3ccccc3)cc2)cc1C. The Balaban J connectivity index is 1.69. The van der Waals surface area contributed by atoms with Crippen LogP contribution in [0.2, 0.25) is 0 Å². The van der Waals surface area contributed by atoms with Crippen LogP contribution in [-0.2, 0) is 16.2 Å². The van der Waals surface area contributed by atoms with Crippen molar-refractivity contribution in [1.82, 2.24) is 9.80 Å². The molecule has 7 heteroatoms. The number of likely N-dealkylation sites (tertiary alicyclic amines) is 1. The standard InChI is InChI=1S/C33H38N2O5/c1-5-34(6-2)19-20-35-30(25-13-16-27(17-14-25)40-22-24-11-9-8-10-12-24)29(32(37)33(35)38)31(36)26-15-18-28(39-7-3)23(4)21-26/h8-18,21,30,36H,5-7,19-20,22H2,1-4H3/b31-29+. The van der Waals surface area contributed by atoms with Crippen LogP contribution in [0.1, 0.15) is 49.1 Å². The van der Waals surface area contributed by atoms with Crippen LogP contribution in [0.25, 0.3) is 5.76 Å². The molecule has 0 aliphatic carbocycles. The summed E-state index contributed by atoms with van der Waals surface area (Å²) < 4.78 is 11.6. The number of hydrogen-bond donors (Lipinski definition) is 1. The molecule has 7 nitrogen and oxygen atoms in total. The van der Waals surface area contributed by atoms with E-state index in [2.05, 4.69) is 18.7 Å². The number of carbonyl (C=O) groups is 2. The van der Waals surface area contributed by atoms with Crippen molar-refractivity contribution >= 4 is 17.4 Å². The molecule has 1 fully saturated rings. The average Bonchev–Trinajstić information content (AvgIpc) is 3.23. The van der Waals surface area contributed by atoms with Gasteiger partial charge in [0.1, 0.15) is 23.9 Å². The summed E-state index contributed by atoms with van der Waals surface area (Å²) in [5, 5.41) is 11.4. The van der Waals surface area contributed by atoms with Crippen LogP contribution in [-0.4, -0.2) is 59.4 Å². The van der Waals surface area contributed by atoms with Gasteiger partial charge in [-0.05, 0) is 74.0 Å². The summed E-state index contributed by atoms with van der Waals surface area (Å²) in [4.78, 5) is 30.5. The van der Waals surface area contributed by atoms with Gasteiger partial charge in [0, 0.05) is 18.7 Å². The summed E-state index contributed by atoms with van der Waals surface area (Å²) in [6.07, 6.45) is 0. The van der Waals surface area contributed by atoms with Gasteiger partial charge in [0.15, 0.2) is 0 Å². The summed E-state index contributed by atoms with van der Waals surface area (Å²) in [6, 6.07) is 21.8. The molecule has 1 heterocycles. The first kappa shape index (κ1) is 28.9. The van der Waals surface area contributed by atoms with Gasteiger partial charge < -0.3 is 24.4 Å². The van der Waals surface area contributed by atoms with Crippen molar-refractivity contribution in [2.45, 2.75) is 40.3 Å². The highest BCUT2D eigenvalue weighted by atomic mass is 16.5. The van der Waals surface area contributed by atoms with Gasteiger partial charge >= 0.3 is 0 Å². The van der Waals surface area contributed by atoms with Crippen LogP contribution in [0.4, 0.5) is 0 Å². The largest absolute Gasteiger partial charge is 0.507 e. The van der Waals surface area contributed by atoms with Gasteiger partial charge in [0.2, 0.25) is 0 Å². The number of aliphatic hydroxyl groups is 1. The number of nitrogens with zero attached hydrogens (tertiary/aromatic N) is 2. The molecule has 0 aromatic heterocycles. The molecule has 1 aliphatic heterocycles. The second-order valence-corrected chi connectivity index (χ2v) is 9.78. The predicted octanol–water partition coefficient (Wildman–Crippen LogP) is 5.74. The normalized spacial score (nSPS) is 16.5. The fourth-order valence-electron chi connectivity index (χ4n) is 5.00. The number of aliphatic hydroxyl groups excluding tert-OH is 1. The number of rotatable bonds is 12. The third-order valence-electron chi connectivity index (χ3n) is 7.28. The van der Waals surface area contributed by atoms with Crippen molar-refractivity contribution in [1.29, 1.82) is 0 Å². The highest BCUT2D eigenvalue weighted by Gasteiger charge is 2.46. The van der Waals surface area contributed by atoms with E-state index in [9.17, 15) is 14.7 Å². The first-order chi connectivity index (χ1) is 19.4. The van der Waals surface area contributed by atoms with E-state index < -0.39 is 17.7 Å². The lowest BCUT2D eigenvalue weighted by atomic mass is 9.94. The Morgan fingerprint density at radius 3 is 2.25 bits per heavy atom. The van der Waals surface area contributed by atoms with Crippen molar-refractivity contribution in [3.05, 3.63) is 101 Å². The minimum atomic E-state index is -0.717. The van der Waals surface area contributed by atoms with Gasteiger partial charge in [-0.2, -0.15) is 0 Å². The topological polar surface area (TPSA) is 79.3 Å². The maximum atomic E-state index is 13.4. The zero-order valence-electron chi connectivity index (χ0n) is 23.7. The van der Waals surface area contributed by atoms with Crippen molar-refractivity contribution in [2.24, 2.45) is 0 Å². The molecule has 0 spiro atoms. The number of amides is 1. The number of carbonyl (C=O) groups excluding carboxylic acids is 2. The van der Waals surface area contributed by atoms with E-state index in [1.807, 2.05) is 68.4 Å². The Labute approximate surface area is 236 Å². The molecular formula is C33H38N2O5. The van der Waals surface area contributed by atoms with Crippen molar-refractivity contribution in [2.75, 3.05) is 32.8 Å². The van der Waals surface area contributed by atoms with Crippen LogP contribution in [0.5, 0.6) is 11.5 Å². The molecule has 210 valence electrons. The molecule has 1 N–H and O–H groups in total. The summed E-state index contributed by atoms with van der Waals surface area (Å²) in [5.74, 6) is -0.0933. The highest BCUT2D eigenvalue weighted by Crippen LogP contribution is 2.40. The average molecular weight is 543 g/mol. The lowest BCUT2D eigenvalue weighted by Gasteiger charge is -2.28. The molecule has 0 radical (unpaired) electrons. The van der Waals surface area contributed by atoms with Gasteiger partial charge in [-0.15, -0.1) is 0 Å². The highest BCUT2D eigenvalue weighted by molar-refractivity contribution is 6.46. The first-order valence-corrected chi connectivity index (χ1v) is 13.9. The van der Waals surface area contributed by atoms with Crippen molar-refractivity contribution in [3.63, 3.8) is 0 Å². The van der Waals surface area contributed by atoms with Gasteiger partial charge in [-0.25, -0.2) is 0 Å². The van der Waals surface area contributed by atoms with Crippen LogP contribution >= 0.6 is 0 Å². The Bertz CT molecular complexity index is 1350. The summed E-state index contributed by atoms with van der Waals surface area (Å²) in [5.41, 5.74) is 3.18. The van der Waals surface area contributed by atoms with Gasteiger partial charge in [0.05, 0.1) is 18.2 Å². The molecule has 1 aliphatic rings. The Kier molecular flexibility index (Phi) is 9.61. The molecule has 1 saturated heterocycles. The molecule has 1 atom stereocenters. The smallest absolute Gasteiger partial charge is 0.295 e. The van der Waals surface area contributed by atoms with E-state index in [4.69, 9.17) is 9.47 Å². The van der Waals surface area contributed by atoms with E-state index in [1.54, 1.807) is 23.1 Å². The molecule has 4 rings (SSSR count). The number of hydrogen-bond acceptors (Lipinski definition) is 6. The number of benzene rings is 3. The Morgan fingerprint density at radius 1 is 0.925 bits per heavy atom. The third kappa shape index (κ3) is 6.37. The summed E-state index contributed by atoms with van der Waals surface area (Å²) >= 11 is 0. The van der Waals surface area contributed by atoms with E-state index in [0.29, 0.717) is 43.4 Å². The zero-order valence-corrected chi connectivity index (χ0v) is 23.7. The number of ketones is 1. The van der Waals surface area contributed by atoms with E-state index in [-0.39, 0.29) is 11.3 Å². The molecule has 3 aromatic carbocycles. The van der Waals surface area contributed by atoms with E-state index in [1.165, 1.54) is 0 Å². The molecule has 0 bridgehead atoms. The van der Waals surface area contributed by atoms with Crippen LogP contribution in [0.3, 0.4) is 0 Å².